The average molecular weight is 361 g/mol. The lowest BCUT2D eigenvalue weighted by molar-refractivity contribution is -0.148. The lowest BCUT2D eigenvalue weighted by atomic mass is 9.85. The van der Waals surface area contributed by atoms with Crippen molar-refractivity contribution in [3.8, 4) is 0 Å². The molecule has 0 spiro atoms. The Kier molecular flexibility index (Phi) is 4.39. The van der Waals surface area contributed by atoms with Gasteiger partial charge in [-0.05, 0) is 53.9 Å². The van der Waals surface area contributed by atoms with Gasteiger partial charge in [-0.15, -0.1) is 0 Å². The van der Waals surface area contributed by atoms with Crippen LogP contribution in [0.1, 0.15) is 36.5 Å². The van der Waals surface area contributed by atoms with Crippen molar-refractivity contribution in [1.82, 2.24) is 5.32 Å². The maximum atomic E-state index is 12.2. The van der Waals surface area contributed by atoms with E-state index in [1.165, 1.54) is 0 Å². The van der Waals surface area contributed by atoms with E-state index >= 15 is 0 Å². The van der Waals surface area contributed by atoms with E-state index in [9.17, 15) is 14.7 Å². The molecular weight excluding hydrogens is 346 g/mol. The highest BCUT2D eigenvalue weighted by molar-refractivity contribution is 9.10. The number of benzene rings is 1. The van der Waals surface area contributed by atoms with Gasteiger partial charge < -0.3 is 10.4 Å². The first-order valence-electron chi connectivity index (χ1n) is 6.34. The lowest BCUT2D eigenvalue weighted by Crippen LogP contribution is -2.47. The van der Waals surface area contributed by atoms with Crippen LogP contribution in [0.4, 0.5) is 0 Å². The summed E-state index contributed by atoms with van der Waals surface area (Å²) in [5, 5.41) is 12.6. The Morgan fingerprint density at radius 3 is 2.80 bits per heavy atom. The first-order chi connectivity index (χ1) is 9.34. The Hall–Kier alpha value is -1.07. The van der Waals surface area contributed by atoms with Gasteiger partial charge in [0.05, 0.1) is 10.4 Å². The van der Waals surface area contributed by atoms with Gasteiger partial charge >= 0.3 is 5.97 Å². The van der Waals surface area contributed by atoms with Crippen LogP contribution >= 0.6 is 27.5 Å². The van der Waals surface area contributed by atoms with Crippen molar-refractivity contribution in [1.29, 1.82) is 0 Å². The Labute approximate surface area is 130 Å². The molecule has 1 aromatic carbocycles. The Bertz CT molecular complexity index is 563. The highest BCUT2D eigenvalue weighted by Gasteiger charge is 2.45. The van der Waals surface area contributed by atoms with E-state index in [2.05, 4.69) is 21.2 Å². The zero-order valence-electron chi connectivity index (χ0n) is 11.0. The van der Waals surface area contributed by atoms with Crippen molar-refractivity contribution in [3.05, 3.63) is 33.3 Å². The molecule has 0 saturated heterocycles. The number of hydrogen-bond donors (Lipinski definition) is 2. The number of amides is 1. The van der Waals surface area contributed by atoms with Gasteiger partial charge in [-0.25, -0.2) is 0 Å². The minimum atomic E-state index is -0.894. The van der Waals surface area contributed by atoms with E-state index in [4.69, 9.17) is 11.6 Å². The molecule has 108 valence electrons. The van der Waals surface area contributed by atoms with Crippen LogP contribution in [0.25, 0.3) is 0 Å². The highest BCUT2D eigenvalue weighted by Crippen LogP contribution is 2.38. The van der Waals surface area contributed by atoms with E-state index in [0.717, 1.165) is 6.42 Å². The predicted octanol–water partition coefficient (Wildman–Crippen LogP) is 3.48. The summed E-state index contributed by atoms with van der Waals surface area (Å²) in [5.41, 5.74) is -0.465. The van der Waals surface area contributed by atoms with Crippen LogP contribution in [0.3, 0.4) is 0 Å². The first kappa shape index (κ1) is 15.3. The monoisotopic (exact) mass is 359 g/mol. The largest absolute Gasteiger partial charge is 0.481 e. The van der Waals surface area contributed by atoms with Crippen molar-refractivity contribution in [2.75, 3.05) is 0 Å². The fourth-order valence-electron chi connectivity index (χ4n) is 2.53. The van der Waals surface area contributed by atoms with Gasteiger partial charge in [-0.2, -0.15) is 0 Å². The molecule has 0 aromatic heterocycles. The van der Waals surface area contributed by atoms with Gasteiger partial charge in [0.2, 0.25) is 0 Å². The molecule has 1 aromatic rings. The van der Waals surface area contributed by atoms with Gasteiger partial charge in [-0.1, -0.05) is 18.0 Å². The maximum absolute atomic E-state index is 12.2. The summed E-state index contributed by atoms with van der Waals surface area (Å²) in [6.45, 7) is 1.68. The summed E-state index contributed by atoms with van der Waals surface area (Å²) in [6.07, 6.45) is 2.06. The summed E-state index contributed by atoms with van der Waals surface area (Å²) >= 11 is 9.22. The van der Waals surface area contributed by atoms with Crippen LogP contribution in [0.2, 0.25) is 5.02 Å². The second-order valence-electron chi connectivity index (χ2n) is 5.27. The van der Waals surface area contributed by atoms with Crippen LogP contribution in [0, 0.1) is 5.41 Å². The van der Waals surface area contributed by atoms with E-state index in [1.54, 1.807) is 25.1 Å². The molecule has 20 heavy (non-hydrogen) atoms. The number of nitrogens with one attached hydrogen (secondary N) is 1. The number of carbonyl (C=O) groups is 2. The second kappa shape index (κ2) is 5.74. The number of halogens is 2. The summed E-state index contributed by atoms with van der Waals surface area (Å²) in [5.74, 6) is -1.16. The van der Waals surface area contributed by atoms with Gasteiger partial charge in [-0.3, -0.25) is 9.59 Å². The van der Waals surface area contributed by atoms with Gasteiger partial charge in [0.1, 0.15) is 0 Å². The van der Waals surface area contributed by atoms with Crippen molar-refractivity contribution < 1.29 is 14.7 Å². The molecule has 1 aliphatic carbocycles. The van der Waals surface area contributed by atoms with Crippen molar-refractivity contribution >= 4 is 39.4 Å². The Balaban J connectivity index is 2.15. The second-order valence-corrected chi connectivity index (χ2v) is 6.53. The molecule has 2 unspecified atom stereocenters. The van der Waals surface area contributed by atoms with Crippen LogP contribution in [-0.2, 0) is 4.79 Å². The molecule has 2 N–H and O–H groups in total. The number of carboxylic acids is 1. The zero-order chi connectivity index (χ0) is 14.9. The average Bonchev–Trinajstić information content (AvgIpc) is 2.75. The third-order valence-corrected chi connectivity index (χ3v) is 5.17. The number of carbonyl (C=O) groups excluding carboxylic acids is 1. The van der Waals surface area contributed by atoms with Crippen LogP contribution in [-0.4, -0.2) is 23.0 Å². The van der Waals surface area contributed by atoms with Crippen LogP contribution in [0.15, 0.2) is 22.7 Å². The standard InChI is InChI=1S/C14H15BrClNO3/c1-14(13(19)20)6-2-3-11(14)17-12(18)8-4-5-9(15)10(16)7-8/h4-5,7,11H,2-3,6H2,1H3,(H,17,18)(H,19,20). The molecule has 2 atom stereocenters. The molecule has 0 aliphatic heterocycles. The van der Waals surface area contributed by atoms with Crippen LogP contribution < -0.4 is 5.32 Å². The van der Waals surface area contributed by atoms with Crippen molar-refractivity contribution in [2.24, 2.45) is 5.41 Å². The van der Waals surface area contributed by atoms with E-state index in [1.807, 2.05) is 0 Å². The van der Waals surface area contributed by atoms with Gasteiger partial charge in [0, 0.05) is 16.1 Å². The first-order valence-corrected chi connectivity index (χ1v) is 7.51. The smallest absolute Gasteiger partial charge is 0.311 e. The number of aliphatic carboxylic acids is 1. The summed E-state index contributed by atoms with van der Waals surface area (Å²) in [7, 11) is 0. The molecular formula is C14H15BrClNO3. The maximum Gasteiger partial charge on any atom is 0.311 e. The summed E-state index contributed by atoms with van der Waals surface area (Å²) in [6, 6.07) is 4.56. The van der Waals surface area contributed by atoms with Gasteiger partial charge in [0.25, 0.3) is 5.91 Å². The molecule has 0 heterocycles. The summed E-state index contributed by atoms with van der Waals surface area (Å²) < 4.78 is 0.715. The number of hydrogen-bond acceptors (Lipinski definition) is 2. The summed E-state index contributed by atoms with van der Waals surface area (Å²) in [4.78, 5) is 23.6. The topological polar surface area (TPSA) is 66.4 Å². The fraction of sp³-hybridized carbons (Fsp3) is 0.429. The molecule has 6 heteroatoms. The zero-order valence-corrected chi connectivity index (χ0v) is 13.3. The number of carboxylic acid groups (broad SMARTS) is 1. The molecule has 1 saturated carbocycles. The molecule has 2 rings (SSSR count). The third kappa shape index (κ3) is 2.83. The predicted molar refractivity (Wildman–Crippen MR) is 80.0 cm³/mol. The van der Waals surface area contributed by atoms with Crippen LogP contribution in [0.5, 0.6) is 0 Å². The molecule has 1 fully saturated rings. The molecule has 0 radical (unpaired) electrons. The normalized spacial score (nSPS) is 25.4. The minimum absolute atomic E-state index is 0.293. The van der Waals surface area contributed by atoms with Gasteiger partial charge in [0.15, 0.2) is 0 Å². The van der Waals surface area contributed by atoms with Crippen molar-refractivity contribution in [2.45, 2.75) is 32.2 Å². The number of rotatable bonds is 3. The molecule has 1 amide bonds. The molecule has 4 nitrogen and oxygen atoms in total. The highest BCUT2D eigenvalue weighted by atomic mass is 79.9. The quantitative estimate of drug-likeness (QED) is 0.867. The lowest BCUT2D eigenvalue weighted by Gasteiger charge is -2.27. The molecule has 1 aliphatic rings. The Morgan fingerprint density at radius 2 is 2.20 bits per heavy atom. The third-order valence-electron chi connectivity index (χ3n) is 3.93. The van der Waals surface area contributed by atoms with E-state index < -0.39 is 11.4 Å². The fourth-order valence-corrected chi connectivity index (χ4v) is 2.96. The van der Waals surface area contributed by atoms with Crippen molar-refractivity contribution in [3.63, 3.8) is 0 Å². The van der Waals surface area contributed by atoms with E-state index in [0.29, 0.717) is 27.9 Å². The molecule has 0 bridgehead atoms. The SMILES string of the molecule is CC1(C(=O)O)CCCC1NC(=O)c1ccc(Br)c(Cl)c1. The minimum Gasteiger partial charge on any atom is -0.481 e. The Morgan fingerprint density at radius 1 is 1.50 bits per heavy atom. The van der Waals surface area contributed by atoms with E-state index in [-0.39, 0.29) is 11.9 Å².